The molecule has 0 aromatic heterocycles. The molecule has 0 aliphatic heterocycles. The summed E-state index contributed by atoms with van der Waals surface area (Å²) in [5.74, 6) is 0. The van der Waals surface area contributed by atoms with E-state index in [-0.39, 0.29) is 6.54 Å². The average molecular weight is 311 g/mol. The maximum atomic E-state index is 12.3. The fraction of sp³-hybridized carbons (Fsp3) is 0.455. The molecule has 2 nitrogen and oxygen atoms in total. The standard InChI is InChI=1S/C11H14BrF3N2/c1-17(7-11(13,14)15)10(6-16)8-3-2-4-9(12)5-8/h2-5,10H,6-7,16H2,1H3. The Kier molecular flexibility index (Phi) is 4.97. The molecular formula is C11H14BrF3N2. The van der Waals surface area contributed by atoms with Crippen molar-refractivity contribution in [2.75, 3.05) is 20.1 Å². The topological polar surface area (TPSA) is 29.3 Å². The SMILES string of the molecule is CN(CC(F)(F)F)C(CN)c1cccc(Br)c1. The summed E-state index contributed by atoms with van der Waals surface area (Å²) in [5.41, 5.74) is 6.32. The molecule has 0 radical (unpaired) electrons. The molecule has 0 bridgehead atoms. The lowest BCUT2D eigenvalue weighted by atomic mass is 10.1. The van der Waals surface area contributed by atoms with E-state index in [2.05, 4.69) is 15.9 Å². The zero-order valence-corrected chi connectivity index (χ0v) is 10.9. The van der Waals surface area contributed by atoms with E-state index in [1.165, 1.54) is 11.9 Å². The molecule has 1 aromatic rings. The normalized spacial score (nSPS) is 14.1. The van der Waals surface area contributed by atoms with Gasteiger partial charge in [0.25, 0.3) is 0 Å². The summed E-state index contributed by atoms with van der Waals surface area (Å²) in [7, 11) is 1.42. The molecule has 0 heterocycles. The smallest absolute Gasteiger partial charge is 0.329 e. The number of rotatable bonds is 4. The van der Waals surface area contributed by atoms with Crippen molar-refractivity contribution in [2.24, 2.45) is 5.73 Å². The van der Waals surface area contributed by atoms with Crippen molar-refractivity contribution in [1.82, 2.24) is 4.90 Å². The highest BCUT2D eigenvalue weighted by Crippen LogP contribution is 2.25. The Bertz CT molecular complexity index is 368. The van der Waals surface area contributed by atoms with Crippen LogP contribution in [0.1, 0.15) is 11.6 Å². The van der Waals surface area contributed by atoms with E-state index < -0.39 is 18.8 Å². The minimum absolute atomic E-state index is 0.142. The Morgan fingerprint density at radius 1 is 1.41 bits per heavy atom. The van der Waals surface area contributed by atoms with Gasteiger partial charge in [-0.15, -0.1) is 0 Å². The number of hydrogen-bond donors (Lipinski definition) is 1. The number of halogens is 4. The third kappa shape index (κ3) is 4.65. The minimum Gasteiger partial charge on any atom is -0.329 e. The second kappa shape index (κ2) is 5.84. The van der Waals surface area contributed by atoms with Crippen molar-refractivity contribution in [3.8, 4) is 0 Å². The highest BCUT2D eigenvalue weighted by Gasteiger charge is 2.32. The van der Waals surface area contributed by atoms with Crippen LogP contribution in [0.15, 0.2) is 28.7 Å². The number of likely N-dealkylation sites (N-methyl/N-ethyl adjacent to an activating group) is 1. The van der Waals surface area contributed by atoms with Crippen LogP contribution < -0.4 is 5.73 Å². The summed E-state index contributed by atoms with van der Waals surface area (Å²) in [5, 5.41) is 0. The summed E-state index contributed by atoms with van der Waals surface area (Å²) < 4.78 is 37.7. The minimum atomic E-state index is -4.21. The van der Waals surface area contributed by atoms with E-state index in [0.29, 0.717) is 0 Å². The Morgan fingerprint density at radius 3 is 2.53 bits per heavy atom. The monoisotopic (exact) mass is 310 g/mol. The molecule has 1 atom stereocenters. The van der Waals surface area contributed by atoms with E-state index in [9.17, 15) is 13.2 Å². The van der Waals surface area contributed by atoms with Gasteiger partial charge in [-0.25, -0.2) is 0 Å². The quantitative estimate of drug-likeness (QED) is 0.926. The van der Waals surface area contributed by atoms with Gasteiger partial charge in [-0.1, -0.05) is 28.1 Å². The molecule has 17 heavy (non-hydrogen) atoms. The zero-order chi connectivity index (χ0) is 13.1. The number of alkyl halides is 3. The van der Waals surface area contributed by atoms with E-state index in [0.717, 1.165) is 10.0 Å². The lowest BCUT2D eigenvalue weighted by Crippen LogP contribution is -2.37. The largest absolute Gasteiger partial charge is 0.401 e. The van der Waals surface area contributed by atoms with Gasteiger partial charge >= 0.3 is 6.18 Å². The molecule has 6 heteroatoms. The predicted octanol–water partition coefficient (Wildman–Crippen LogP) is 2.94. The molecule has 96 valence electrons. The van der Waals surface area contributed by atoms with Crippen LogP contribution in [0.4, 0.5) is 13.2 Å². The van der Waals surface area contributed by atoms with Gasteiger partial charge in [0.15, 0.2) is 0 Å². The zero-order valence-electron chi connectivity index (χ0n) is 9.34. The summed E-state index contributed by atoms with van der Waals surface area (Å²) in [4.78, 5) is 1.21. The maximum Gasteiger partial charge on any atom is 0.401 e. The fourth-order valence-electron chi connectivity index (χ4n) is 1.68. The van der Waals surface area contributed by atoms with Gasteiger partial charge in [-0.2, -0.15) is 13.2 Å². The third-order valence-corrected chi connectivity index (χ3v) is 2.91. The first-order chi connectivity index (χ1) is 7.83. The molecule has 0 saturated carbocycles. The molecule has 0 aliphatic carbocycles. The van der Waals surface area contributed by atoms with E-state index in [1.54, 1.807) is 18.2 Å². The van der Waals surface area contributed by atoms with Crippen LogP contribution in [0.3, 0.4) is 0 Å². The summed E-state index contributed by atoms with van der Waals surface area (Å²) in [6.07, 6.45) is -4.21. The molecular weight excluding hydrogens is 297 g/mol. The molecule has 0 aliphatic rings. The van der Waals surface area contributed by atoms with Gasteiger partial charge in [-0.05, 0) is 24.7 Å². The van der Waals surface area contributed by atoms with Crippen LogP contribution in [0.25, 0.3) is 0 Å². The van der Waals surface area contributed by atoms with Gasteiger partial charge < -0.3 is 5.73 Å². The summed E-state index contributed by atoms with van der Waals surface area (Å²) >= 11 is 3.29. The van der Waals surface area contributed by atoms with E-state index in [4.69, 9.17) is 5.73 Å². The average Bonchev–Trinajstić information content (AvgIpc) is 2.15. The van der Waals surface area contributed by atoms with E-state index >= 15 is 0 Å². The predicted molar refractivity (Wildman–Crippen MR) is 64.6 cm³/mol. The van der Waals surface area contributed by atoms with Gasteiger partial charge in [0.2, 0.25) is 0 Å². The van der Waals surface area contributed by atoms with E-state index in [1.807, 2.05) is 6.07 Å². The van der Waals surface area contributed by atoms with Crippen molar-refractivity contribution < 1.29 is 13.2 Å². The molecule has 2 N–H and O–H groups in total. The third-order valence-electron chi connectivity index (χ3n) is 2.42. The lowest BCUT2D eigenvalue weighted by Gasteiger charge is -2.28. The molecule has 0 fully saturated rings. The van der Waals surface area contributed by atoms with Crippen LogP contribution >= 0.6 is 15.9 Å². The first-order valence-corrected chi connectivity index (χ1v) is 5.85. The first-order valence-electron chi connectivity index (χ1n) is 5.06. The van der Waals surface area contributed by atoms with Crippen LogP contribution in [-0.4, -0.2) is 31.2 Å². The van der Waals surface area contributed by atoms with Crippen LogP contribution in [0.5, 0.6) is 0 Å². The van der Waals surface area contributed by atoms with Crippen molar-refractivity contribution >= 4 is 15.9 Å². The van der Waals surface area contributed by atoms with Crippen LogP contribution in [-0.2, 0) is 0 Å². The molecule has 0 saturated heterocycles. The number of nitrogens with two attached hydrogens (primary N) is 1. The Hall–Kier alpha value is -0.590. The van der Waals surface area contributed by atoms with Crippen LogP contribution in [0, 0.1) is 0 Å². The van der Waals surface area contributed by atoms with Crippen molar-refractivity contribution in [2.45, 2.75) is 12.2 Å². The molecule has 1 aromatic carbocycles. The number of nitrogens with zero attached hydrogens (tertiary/aromatic N) is 1. The molecule has 0 amide bonds. The Morgan fingerprint density at radius 2 is 2.06 bits per heavy atom. The van der Waals surface area contributed by atoms with Crippen molar-refractivity contribution in [3.05, 3.63) is 34.3 Å². The van der Waals surface area contributed by atoms with Crippen molar-refractivity contribution in [1.29, 1.82) is 0 Å². The van der Waals surface area contributed by atoms with Gasteiger partial charge in [0, 0.05) is 17.1 Å². The molecule has 0 spiro atoms. The summed E-state index contributed by atoms with van der Waals surface area (Å²) in [6.45, 7) is -0.829. The molecule has 1 unspecified atom stereocenters. The molecule has 1 rings (SSSR count). The highest BCUT2D eigenvalue weighted by atomic mass is 79.9. The second-order valence-electron chi connectivity index (χ2n) is 3.84. The van der Waals surface area contributed by atoms with Crippen LogP contribution in [0.2, 0.25) is 0 Å². The first kappa shape index (κ1) is 14.5. The van der Waals surface area contributed by atoms with Crippen molar-refractivity contribution in [3.63, 3.8) is 0 Å². The summed E-state index contributed by atoms with van der Waals surface area (Å²) in [6, 6.07) is 6.72. The van der Waals surface area contributed by atoms with Gasteiger partial charge in [-0.3, -0.25) is 4.90 Å². The second-order valence-corrected chi connectivity index (χ2v) is 4.75. The Balaban J connectivity index is 2.84. The number of benzene rings is 1. The highest BCUT2D eigenvalue weighted by molar-refractivity contribution is 9.10. The Labute approximate surface area is 107 Å². The fourth-order valence-corrected chi connectivity index (χ4v) is 2.09. The van der Waals surface area contributed by atoms with Gasteiger partial charge in [0.1, 0.15) is 0 Å². The lowest BCUT2D eigenvalue weighted by molar-refractivity contribution is -0.147. The maximum absolute atomic E-state index is 12.3. The number of hydrogen-bond acceptors (Lipinski definition) is 2. The van der Waals surface area contributed by atoms with Gasteiger partial charge in [0.05, 0.1) is 6.54 Å².